The van der Waals surface area contributed by atoms with Crippen LogP contribution >= 0.6 is 15.9 Å². The fraction of sp³-hybridized carbons (Fsp3) is 0.923. The highest BCUT2D eigenvalue weighted by Crippen LogP contribution is 2.24. The van der Waals surface area contributed by atoms with E-state index >= 15 is 0 Å². The van der Waals surface area contributed by atoms with Crippen LogP contribution in [-0.4, -0.2) is 17.8 Å². The molecule has 0 aliphatic heterocycles. The Hall–Kier alpha value is -0.0500. The van der Waals surface area contributed by atoms with E-state index in [2.05, 4.69) is 42.0 Å². The molecule has 0 bridgehead atoms. The highest BCUT2D eigenvalue weighted by molar-refractivity contribution is 9.09. The van der Waals surface area contributed by atoms with Crippen molar-refractivity contribution in [3.8, 4) is 0 Å². The van der Waals surface area contributed by atoms with Gasteiger partial charge in [-0.05, 0) is 24.7 Å². The van der Waals surface area contributed by atoms with Gasteiger partial charge in [0.25, 0.3) is 0 Å². The minimum atomic E-state index is -0.245. The lowest BCUT2D eigenvalue weighted by Gasteiger charge is -2.28. The van der Waals surface area contributed by atoms with Crippen LogP contribution in [0, 0.1) is 10.8 Å². The molecule has 3 heteroatoms. The lowest BCUT2D eigenvalue weighted by molar-refractivity contribution is -0.129. The zero-order valence-electron chi connectivity index (χ0n) is 11.3. The normalized spacial score (nSPS) is 12.6. The quantitative estimate of drug-likeness (QED) is 0.712. The lowest BCUT2D eigenvalue weighted by Crippen LogP contribution is -2.41. The van der Waals surface area contributed by atoms with E-state index in [1.807, 2.05) is 13.8 Å². The molecule has 0 saturated carbocycles. The molecule has 0 fully saturated rings. The van der Waals surface area contributed by atoms with Gasteiger partial charge in [-0.1, -0.05) is 50.5 Å². The lowest BCUT2D eigenvalue weighted by atomic mass is 9.86. The summed E-state index contributed by atoms with van der Waals surface area (Å²) in [5.41, 5.74) is -0.0568. The van der Waals surface area contributed by atoms with Crippen molar-refractivity contribution in [1.29, 1.82) is 0 Å². The molecule has 96 valence electrons. The van der Waals surface area contributed by atoms with Gasteiger partial charge in [0, 0.05) is 17.3 Å². The van der Waals surface area contributed by atoms with E-state index in [1.165, 1.54) is 0 Å². The summed E-state index contributed by atoms with van der Waals surface area (Å²) in [5, 5.41) is 4.10. The molecule has 16 heavy (non-hydrogen) atoms. The van der Waals surface area contributed by atoms with E-state index in [1.54, 1.807) is 0 Å². The summed E-state index contributed by atoms with van der Waals surface area (Å²) >= 11 is 3.44. The molecule has 1 N–H and O–H groups in total. The van der Waals surface area contributed by atoms with E-state index in [-0.39, 0.29) is 16.7 Å². The second-order valence-electron chi connectivity index (χ2n) is 5.88. The summed E-state index contributed by atoms with van der Waals surface area (Å²) in [6.07, 6.45) is 3.16. The summed E-state index contributed by atoms with van der Waals surface area (Å²) in [6.45, 7) is 11.2. The van der Waals surface area contributed by atoms with Crippen molar-refractivity contribution >= 4 is 21.8 Å². The third-order valence-electron chi connectivity index (χ3n) is 3.21. The average molecular weight is 292 g/mol. The summed E-state index contributed by atoms with van der Waals surface area (Å²) in [6, 6.07) is 0. The maximum atomic E-state index is 11.9. The number of halogens is 1. The number of carbonyl (C=O) groups is 1. The number of alkyl halides is 1. The van der Waals surface area contributed by atoms with E-state index in [0.717, 1.165) is 31.1 Å². The van der Waals surface area contributed by atoms with E-state index in [9.17, 15) is 4.79 Å². The van der Waals surface area contributed by atoms with Crippen molar-refractivity contribution in [1.82, 2.24) is 5.32 Å². The molecule has 0 rings (SSSR count). The van der Waals surface area contributed by atoms with Crippen molar-refractivity contribution in [3.63, 3.8) is 0 Å². The van der Waals surface area contributed by atoms with Crippen LogP contribution in [0.15, 0.2) is 0 Å². The molecule has 0 spiro atoms. The minimum Gasteiger partial charge on any atom is -0.355 e. The van der Waals surface area contributed by atoms with Crippen LogP contribution in [0.5, 0.6) is 0 Å². The van der Waals surface area contributed by atoms with Crippen LogP contribution in [0.1, 0.15) is 53.9 Å². The van der Waals surface area contributed by atoms with Crippen LogP contribution in [0.4, 0.5) is 0 Å². The fourth-order valence-corrected chi connectivity index (χ4v) is 1.63. The first-order valence-electron chi connectivity index (χ1n) is 6.09. The molecule has 2 nitrogen and oxygen atoms in total. The van der Waals surface area contributed by atoms with Gasteiger partial charge in [-0.3, -0.25) is 4.79 Å². The third-order valence-corrected chi connectivity index (χ3v) is 3.77. The standard InChI is InChI=1S/C13H26BrNO/c1-6-13(4,5)11(16)15-10-12(2,3)8-7-9-14/h6-10H2,1-5H3,(H,15,16). The predicted octanol–water partition coefficient (Wildman–Crippen LogP) is 3.74. The molecule has 0 radical (unpaired) electrons. The van der Waals surface area contributed by atoms with Gasteiger partial charge in [0.2, 0.25) is 5.91 Å². The number of carbonyl (C=O) groups excluding carboxylic acids is 1. The molecule has 0 heterocycles. The number of hydrogen-bond acceptors (Lipinski definition) is 1. The van der Waals surface area contributed by atoms with Gasteiger partial charge >= 0.3 is 0 Å². The van der Waals surface area contributed by atoms with Crippen LogP contribution in [0.2, 0.25) is 0 Å². The molecule has 0 aromatic rings. The maximum Gasteiger partial charge on any atom is 0.225 e. The molecule has 0 unspecified atom stereocenters. The largest absolute Gasteiger partial charge is 0.355 e. The highest BCUT2D eigenvalue weighted by Gasteiger charge is 2.27. The zero-order valence-corrected chi connectivity index (χ0v) is 12.9. The molecule has 0 aromatic carbocycles. The monoisotopic (exact) mass is 291 g/mol. The highest BCUT2D eigenvalue weighted by atomic mass is 79.9. The Kier molecular flexibility index (Phi) is 6.61. The molecule has 0 atom stereocenters. The van der Waals surface area contributed by atoms with Gasteiger partial charge in [-0.2, -0.15) is 0 Å². The van der Waals surface area contributed by atoms with Gasteiger partial charge in [0.05, 0.1) is 0 Å². The molecule has 1 amide bonds. The molecule has 0 saturated heterocycles. The van der Waals surface area contributed by atoms with Crippen molar-refractivity contribution in [2.75, 3.05) is 11.9 Å². The number of rotatable bonds is 7. The predicted molar refractivity (Wildman–Crippen MR) is 73.9 cm³/mol. The number of hydrogen-bond donors (Lipinski definition) is 1. The first-order chi connectivity index (χ1) is 7.25. The average Bonchev–Trinajstić information content (AvgIpc) is 2.23. The maximum absolute atomic E-state index is 11.9. The molecule has 0 aromatic heterocycles. The van der Waals surface area contributed by atoms with Gasteiger partial charge in [-0.25, -0.2) is 0 Å². The second-order valence-corrected chi connectivity index (χ2v) is 6.67. The van der Waals surface area contributed by atoms with E-state index in [4.69, 9.17) is 0 Å². The third kappa shape index (κ3) is 5.88. The van der Waals surface area contributed by atoms with E-state index in [0.29, 0.717) is 0 Å². The van der Waals surface area contributed by atoms with Gasteiger partial charge in [-0.15, -0.1) is 0 Å². The second kappa shape index (κ2) is 6.63. The molecular formula is C13H26BrNO. The first kappa shape index (κ1) is 16.0. The van der Waals surface area contributed by atoms with Crippen LogP contribution < -0.4 is 5.32 Å². The Labute approximate surface area is 109 Å². The molecule has 0 aliphatic carbocycles. The summed E-state index contributed by atoms with van der Waals surface area (Å²) in [5.74, 6) is 0.168. The summed E-state index contributed by atoms with van der Waals surface area (Å²) < 4.78 is 0. The Morgan fingerprint density at radius 1 is 1.25 bits per heavy atom. The Morgan fingerprint density at radius 3 is 2.25 bits per heavy atom. The molecular weight excluding hydrogens is 266 g/mol. The summed E-state index contributed by atoms with van der Waals surface area (Å²) in [4.78, 5) is 11.9. The Bertz CT molecular complexity index is 224. The fourth-order valence-electron chi connectivity index (χ4n) is 1.35. The first-order valence-corrected chi connectivity index (χ1v) is 7.21. The van der Waals surface area contributed by atoms with Crippen molar-refractivity contribution in [2.24, 2.45) is 10.8 Å². The number of amides is 1. The van der Waals surface area contributed by atoms with Gasteiger partial charge in [0.15, 0.2) is 0 Å². The summed E-state index contributed by atoms with van der Waals surface area (Å²) in [7, 11) is 0. The Balaban J connectivity index is 4.09. The van der Waals surface area contributed by atoms with E-state index < -0.39 is 0 Å². The van der Waals surface area contributed by atoms with Crippen LogP contribution in [0.3, 0.4) is 0 Å². The van der Waals surface area contributed by atoms with Gasteiger partial charge in [0.1, 0.15) is 0 Å². The Morgan fingerprint density at radius 2 is 1.81 bits per heavy atom. The smallest absolute Gasteiger partial charge is 0.225 e. The van der Waals surface area contributed by atoms with Crippen molar-refractivity contribution < 1.29 is 4.79 Å². The van der Waals surface area contributed by atoms with Crippen LogP contribution in [-0.2, 0) is 4.79 Å². The van der Waals surface area contributed by atoms with Crippen LogP contribution in [0.25, 0.3) is 0 Å². The SMILES string of the molecule is CCC(C)(C)C(=O)NCC(C)(C)CCCBr. The molecule has 0 aliphatic rings. The number of nitrogens with one attached hydrogen (secondary N) is 1. The zero-order chi connectivity index (χ0) is 12.8. The topological polar surface area (TPSA) is 29.1 Å². The van der Waals surface area contributed by atoms with Gasteiger partial charge < -0.3 is 5.32 Å². The minimum absolute atomic E-state index is 0.168. The van der Waals surface area contributed by atoms with Crippen molar-refractivity contribution in [3.05, 3.63) is 0 Å². The van der Waals surface area contributed by atoms with Crippen molar-refractivity contribution in [2.45, 2.75) is 53.9 Å².